The van der Waals surface area contributed by atoms with Crippen molar-refractivity contribution in [2.45, 2.75) is 77.4 Å². The van der Waals surface area contributed by atoms with Gasteiger partial charge in [-0.25, -0.2) is 14.8 Å². The molecule has 0 bridgehead atoms. The summed E-state index contributed by atoms with van der Waals surface area (Å²) >= 11 is 0. The van der Waals surface area contributed by atoms with Crippen LogP contribution in [-0.4, -0.2) is 72.2 Å². The third-order valence-electron chi connectivity index (χ3n) is 11.0. The summed E-state index contributed by atoms with van der Waals surface area (Å²) in [6, 6.07) is 16.2. The molecule has 2 saturated heterocycles. The topological polar surface area (TPSA) is 114 Å². The SMILES string of the molecule is CCCC1CCC(C2CCN(c3cnc(-c4ccc(C[C@H](NC(=O)OCc5ccccc5)C(=O)N5CC(C(=O)OC)C5)cc4)nc3)CC2)CC1. The van der Waals surface area contributed by atoms with Crippen molar-refractivity contribution in [2.75, 3.05) is 38.2 Å². The second kappa shape index (κ2) is 17.0. The van der Waals surface area contributed by atoms with Crippen molar-refractivity contribution in [3.05, 3.63) is 78.1 Å². The van der Waals surface area contributed by atoms with E-state index >= 15 is 0 Å². The molecule has 2 aliphatic heterocycles. The van der Waals surface area contributed by atoms with Crippen LogP contribution in [0.15, 0.2) is 67.0 Å². The molecule has 1 aromatic heterocycles. The lowest BCUT2D eigenvalue weighted by Crippen LogP contribution is -2.59. The Morgan fingerprint density at radius 1 is 0.860 bits per heavy atom. The maximum absolute atomic E-state index is 13.5. The van der Waals surface area contributed by atoms with Crippen LogP contribution in [0.5, 0.6) is 0 Å². The zero-order chi connectivity index (χ0) is 34.9. The first-order valence-corrected chi connectivity index (χ1v) is 18.4. The van der Waals surface area contributed by atoms with Crippen LogP contribution in [0.3, 0.4) is 0 Å². The van der Waals surface area contributed by atoms with E-state index in [9.17, 15) is 14.4 Å². The van der Waals surface area contributed by atoms with Gasteiger partial charge < -0.3 is 24.6 Å². The molecule has 3 aromatic rings. The van der Waals surface area contributed by atoms with Crippen molar-refractivity contribution >= 4 is 23.7 Å². The van der Waals surface area contributed by atoms with Gasteiger partial charge in [-0.2, -0.15) is 0 Å². The molecule has 1 aliphatic carbocycles. The minimum Gasteiger partial charge on any atom is -0.469 e. The van der Waals surface area contributed by atoms with E-state index in [-0.39, 0.29) is 43.9 Å². The van der Waals surface area contributed by atoms with E-state index in [1.54, 1.807) is 4.90 Å². The fraction of sp³-hybridized carbons (Fsp3) is 0.525. The highest BCUT2D eigenvalue weighted by atomic mass is 16.5. The number of nitrogens with one attached hydrogen (secondary N) is 1. The molecule has 2 aromatic carbocycles. The van der Waals surface area contributed by atoms with Crippen molar-refractivity contribution in [1.29, 1.82) is 0 Å². The van der Waals surface area contributed by atoms with Crippen LogP contribution in [0.25, 0.3) is 11.4 Å². The molecule has 3 aliphatic rings. The molecular weight excluding hydrogens is 630 g/mol. The smallest absolute Gasteiger partial charge is 0.408 e. The molecule has 50 heavy (non-hydrogen) atoms. The molecule has 3 heterocycles. The van der Waals surface area contributed by atoms with Crippen molar-refractivity contribution in [3.63, 3.8) is 0 Å². The van der Waals surface area contributed by atoms with Crippen LogP contribution in [0.2, 0.25) is 0 Å². The molecule has 0 radical (unpaired) electrons. The number of carbonyl (C=O) groups is 3. The lowest BCUT2D eigenvalue weighted by molar-refractivity contribution is -0.156. The molecule has 1 atom stereocenters. The molecular formula is C40H51N5O5. The number of amides is 2. The van der Waals surface area contributed by atoms with Crippen molar-refractivity contribution in [2.24, 2.45) is 23.7 Å². The summed E-state index contributed by atoms with van der Waals surface area (Å²) in [6.07, 6.45) is 14.3. The van der Waals surface area contributed by atoms with E-state index in [1.807, 2.05) is 67.0 Å². The number of aromatic nitrogens is 2. The number of esters is 1. The number of rotatable bonds is 12. The van der Waals surface area contributed by atoms with Gasteiger partial charge in [0, 0.05) is 38.2 Å². The number of alkyl carbamates (subject to hydrolysis) is 1. The molecule has 0 spiro atoms. The number of ether oxygens (including phenoxy) is 2. The number of carbonyl (C=O) groups excluding carboxylic acids is 3. The highest BCUT2D eigenvalue weighted by molar-refractivity contribution is 5.88. The van der Waals surface area contributed by atoms with Gasteiger partial charge in [-0.1, -0.05) is 87.2 Å². The third-order valence-corrected chi connectivity index (χ3v) is 11.0. The largest absolute Gasteiger partial charge is 0.469 e. The highest BCUT2D eigenvalue weighted by Crippen LogP contribution is 2.39. The summed E-state index contributed by atoms with van der Waals surface area (Å²) in [7, 11) is 1.34. The summed E-state index contributed by atoms with van der Waals surface area (Å²) in [5.74, 6) is 2.39. The highest BCUT2D eigenvalue weighted by Gasteiger charge is 2.39. The Morgan fingerprint density at radius 3 is 2.16 bits per heavy atom. The number of anilines is 1. The predicted molar refractivity (Wildman–Crippen MR) is 192 cm³/mol. The van der Waals surface area contributed by atoms with Crippen molar-refractivity contribution in [3.8, 4) is 11.4 Å². The number of methoxy groups -OCH3 is 1. The zero-order valence-electron chi connectivity index (χ0n) is 29.5. The van der Waals surface area contributed by atoms with E-state index in [0.717, 1.165) is 53.2 Å². The van der Waals surface area contributed by atoms with Crippen LogP contribution in [0, 0.1) is 23.7 Å². The van der Waals surface area contributed by atoms with E-state index in [0.29, 0.717) is 5.82 Å². The number of hydrogen-bond donors (Lipinski definition) is 1. The van der Waals surface area contributed by atoms with E-state index in [4.69, 9.17) is 19.4 Å². The normalized spacial score (nSPS) is 20.4. The standard InChI is InChI=1S/C40H51N5O5/c1-3-7-28-10-14-31(15-11-28)32-18-20-44(21-19-32)35-23-41-37(42-24-35)33-16-12-29(13-17-33)22-36(38(46)45-25-34(26-45)39(47)49-2)43-40(48)50-27-30-8-5-4-6-9-30/h4-6,8-9,12-13,16-17,23-24,28,31-32,34,36H,3,7,10-11,14-15,18-22,25-27H2,1-2H3,(H,43,48)/t28?,31?,36-/m0/s1. The Morgan fingerprint density at radius 2 is 1.52 bits per heavy atom. The Kier molecular flexibility index (Phi) is 12.0. The number of likely N-dealkylation sites (tertiary alicyclic amines) is 1. The molecule has 266 valence electrons. The Labute approximate surface area is 296 Å². The van der Waals surface area contributed by atoms with Crippen LogP contribution in [0.1, 0.15) is 69.4 Å². The predicted octanol–water partition coefficient (Wildman–Crippen LogP) is 6.44. The van der Waals surface area contributed by atoms with Gasteiger partial charge in [-0.15, -0.1) is 0 Å². The van der Waals surface area contributed by atoms with Gasteiger partial charge in [-0.05, 0) is 54.6 Å². The lowest BCUT2D eigenvalue weighted by atomic mass is 9.72. The Balaban J connectivity index is 1.03. The van der Waals surface area contributed by atoms with E-state index in [1.165, 1.54) is 58.5 Å². The van der Waals surface area contributed by atoms with Gasteiger partial charge in [0.2, 0.25) is 5.91 Å². The second-order valence-corrected chi connectivity index (χ2v) is 14.3. The Hall–Kier alpha value is -4.47. The van der Waals surface area contributed by atoms with Gasteiger partial charge in [-0.3, -0.25) is 9.59 Å². The molecule has 3 fully saturated rings. The van der Waals surface area contributed by atoms with Gasteiger partial charge in [0.1, 0.15) is 12.6 Å². The van der Waals surface area contributed by atoms with Gasteiger partial charge in [0.15, 0.2) is 5.82 Å². The first-order valence-electron chi connectivity index (χ1n) is 18.4. The van der Waals surface area contributed by atoms with Crippen LogP contribution in [-0.2, 0) is 32.1 Å². The van der Waals surface area contributed by atoms with Crippen LogP contribution in [0.4, 0.5) is 10.5 Å². The number of nitrogens with zero attached hydrogens (tertiary/aromatic N) is 4. The molecule has 1 N–H and O–H groups in total. The molecule has 2 amide bonds. The molecule has 10 heteroatoms. The van der Waals surface area contributed by atoms with E-state index in [2.05, 4.69) is 17.1 Å². The van der Waals surface area contributed by atoms with Crippen LogP contribution < -0.4 is 10.2 Å². The van der Waals surface area contributed by atoms with Gasteiger partial charge in [0.05, 0.1) is 31.1 Å². The average molecular weight is 682 g/mol. The number of hydrogen-bond acceptors (Lipinski definition) is 8. The lowest BCUT2D eigenvalue weighted by Gasteiger charge is -2.39. The minimum atomic E-state index is -0.863. The summed E-state index contributed by atoms with van der Waals surface area (Å²) in [6.45, 7) is 5.04. The average Bonchev–Trinajstić information content (AvgIpc) is 3.14. The van der Waals surface area contributed by atoms with Crippen LogP contribution >= 0.6 is 0 Å². The Bertz CT molecular complexity index is 1550. The van der Waals surface area contributed by atoms with E-state index < -0.39 is 12.1 Å². The molecule has 0 unspecified atom stereocenters. The summed E-state index contributed by atoms with van der Waals surface area (Å²) in [5, 5.41) is 2.76. The fourth-order valence-corrected chi connectivity index (χ4v) is 7.95. The quantitative estimate of drug-likeness (QED) is 0.218. The monoisotopic (exact) mass is 681 g/mol. The maximum Gasteiger partial charge on any atom is 0.408 e. The maximum atomic E-state index is 13.5. The molecule has 10 nitrogen and oxygen atoms in total. The van der Waals surface area contributed by atoms with Gasteiger partial charge in [0.25, 0.3) is 0 Å². The molecule has 1 saturated carbocycles. The molecule has 6 rings (SSSR count). The third kappa shape index (κ3) is 9.00. The van der Waals surface area contributed by atoms with Crippen molar-refractivity contribution in [1.82, 2.24) is 20.2 Å². The first-order chi connectivity index (χ1) is 24.4. The zero-order valence-corrected chi connectivity index (χ0v) is 29.5. The first kappa shape index (κ1) is 35.4. The summed E-state index contributed by atoms with van der Waals surface area (Å²) in [5.41, 5.74) is 3.65. The van der Waals surface area contributed by atoms with Gasteiger partial charge >= 0.3 is 12.1 Å². The summed E-state index contributed by atoms with van der Waals surface area (Å²) < 4.78 is 10.2. The van der Waals surface area contributed by atoms with Crippen molar-refractivity contribution < 1.29 is 23.9 Å². The minimum absolute atomic E-state index is 0.0908. The fourth-order valence-electron chi connectivity index (χ4n) is 7.95. The second-order valence-electron chi connectivity index (χ2n) is 14.3. The number of benzene rings is 2. The summed E-state index contributed by atoms with van der Waals surface area (Å²) in [4.78, 5) is 51.5. The number of piperidine rings is 1.